The molecule has 0 aliphatic carbocycles. The maximum atomic E-state index is 13.1. The summed E-state index contributed by atoms with van der Waals surface area (Å²) in [6.07, 6.45) is 46.2. The van der Waals surface area contributed by atoms with Crippen LogP contribution in [0.25, 0.3) is 0 Å². The molecule has 71 heavy (non-hydrogen) atoms. The summed E-state index contributed by atoms with van der Waals surface area (Å²) < 4.78 is 28.2. The first-order valence-electron chi connectivity index (χ1n) is 27.9. The normalized spacial score (nSPS) is 19.0. The molecule has 6 atom stereocenters. The third-order valence-corrected chi connectivity index (χ3v) is 12.3. The minimum absolute atomic E-state index is 0.0153. The van der Waals surface area contributed by atoms with Gasteiger partial charge < -0.3 is 39.0 Å². The molecule has 0 radical (unpaired) electrons. The first-order chi connectivity index (χ1) is 34.6. The van der Waals surface area contributed by atoms with E-state index in [-0.39, 0.29) is 25.9 Å². The van der Waals surface area contributed by atoms with Gasteiger partial charge in [-0.05, 0) is 70.6 Å². The van der Waals surface area contributed by atoms with E-state index in [1.54, 1.807) is 6.08 Å². The van der Waals surface area contributed by atoms with E-state index in [0.717, 1.165) is 83.5 Å². The van der Waals surface area contributed by atoms with Crippen molar-refractivity contribution in [1.82, 2.24) is 0 Å². The number of carbonyl (C=O) groups is 4. The minimum Gasteiger partial charge on any atom is -0.479 e. The highest BCUT2D eigenvalue weighted by Gasteiger charge is 2.50. The molecule has 1 aliphatic rings. The van der Waals surface area contributed by atoms with E-state index in [4.69, 9.17) is 23.7 Å². The van der Waals surface area contributed by atoms with Gasteiger partial charge in [0.1, 0.15) is 18.8 Å². The molecule has 1 rings (SSSR count). The van der Waals surface area contributed by atoms with Crippen molar-refractivity contribution in [3.05, 3.63) is 72.9 Å². The topological polar surface area (TPSA) is 175 Å². The van der Waals surface area contributed by atoms with E-state index in [2.05, 4.69) is 75.5 Å². The Kier molecular flexibility index (Phi) is 43.3. The number of carboxylic acids is 1. The number of aliphatic carboxylic acids is 1. The lowest BCUT2D eigenvalue weighted by Crippen LogP contribution is -2.61. The molecule has 0 aromatic carbocycles. The predicted octanol–water partition coefficient (Wildman–Crippen LogP) is 13.8. The summed E-state index contributed by atoms with van der Waals surface area (Å²) in [5.74, 6) is -3.29. The van der Waals surface area contributed by atoms with Gasteiger partial charge >= 0.3 is 23.9 Å². The Morgan fingerprint density at radius 3 is 1.41 bits per heavy atom. The number of unbranched alkanes of at least 4 members (excludes halogenated alkanes) is 21. The van der Waals surface area contributed by atoms with Gasteiger partial charge in [0.15, 0.2) is 24.6 Å². The van der Waals surface area contributed by atoms with Gasteiger partial charge in [0.05, 0.1) is 13.0 Å². The van der Waals surface area contributed by atoms with Crippen molar-refractivity contribution in [3.63, 3.8) is 0 Å². The molecule has 0 saturated carbocycles. The summed E-state index contributed by atoms with van der Waals surface area (Å²) in [4.78, 5) is 50.9. The van der Waals surface area contributed by atoms with Crippen molar-refractivity contribution >= 4 is 23.9 Å². The molecule has 1 saturated heterocycles. The van der Waals surface area contributed by atoms with Crippen LogP contribution in [0.4, 0.5) is 0 Å². The van der Waals surface area contributed by atoms with Gasteiger partial charge in [0.25, 0.3) is 0 Å². The lowest BCUT2D eigenvalue weighted by atomic mass is 9.98. The molecule has 12 heteroatoms. The molecule has 0 aromatic heterocycles. The van der Waals surface area contributed by atoms with Crippen LogP contribution in [0, 0.1) is 0 Å². The van der Waals surface area contributed by atoms with Gasteiger partial charge in [-0.25, -0.2) is 4.79 Å². The average molecular weight is 999 g/mol. The predicted molar refractivity (Wildman–Crippen MR) is 285 cm³/mol. The van der Waals surface area contributed by atoms with Crippen LogP contribution in [0.5, 0.6) is 0 Å². The number of carboxylic acid groups (broad SMARTS) is 1. The zero-order chi connectivity index (χ0) is 51.8. The van der Waals surface area contributed by atoms with Crippen LogP contribution in [0.3, 0.4) is 0 Å². The number of hydrogen-bond donors (Lipinski definition) is 3. The second-order valence-electron chi connectivity index (χ2n) is 18.9. The largest absolute Gasteiger partial charge is 0.479 e. The fourth-order valence-corrected chi connectivity index (χ4v) is 8.02. The van der Waals surface area contributed by atoms with Gasteiger partial charge in [-0.3, -0.25) is 14.4 Å². The summed E-state index contributed by atoms with van der Waals surface area (Å²) >= 11 is 0. The van der Waals surface area contributed by atoms with Crippen LogP contribution >= 0.6 is 0 Å². The number of carbonyl (C=O) groups excluding carboxylic acids is 3. The second-order valence-corrected chi connectivity index (χ2v) is 18.9. The number of esters is 3. The Labute approximate surface area is 429 Å². The lowest BCUT2D eigenvalue weighted by molar-refractivity contribution is -0.301. The number of rotatable bonds is 46. The molecule has 12 nitrogen and oxygen atoms in total. The Morgan fingerprint density at radius 2 is 0.930 bits per heavy atom. The Balaban J connectivity index is 2.76. The van der Waals surface area contributed by atoms with Crippen LogP contribution in [0.2, 0.25) is 0 Å². The van der Waals surface area contributed by atoms with Gasteiger partial charge in [-0.15, -0.1) is 0 Å². The second kappa shape index (κ2) is 47.2. The lowest BCUT2D eigenvalue weighted by Gasteiger charge is -2.40. The third kappa shape index (κ3) is 37.6. The number of hydrogen-bond acceptors (Lipinski definition) is 11. The maximum absolute atomic E-state index is 13.1. The molecule has 0 aromatic rings. The third-order valence-electron chi connectivity index (χ3n) is 12.3. The average Bonchev–Trinajstić information content (AvgIpc) is 3.35. The van der Waals surface area contributed by atoms with Gasteiger partial charge in [-0.2, -0.15) is 0 Å². The van der Waals surface area contributed by atoms with Crippen molar-refractivity contribution in [3.8, 4) is 0 Å². The van der Waals surface area contributed by atoms with Crippen LogP contribution in [0.15, 0.2) is 72.9 Å². The van der Waals surface area contributed by atoms with Gasteiger partial charge in [0.2, 0.25) is 0 Å². The van der Waals surface area contributed by atoms with Crippen LogP contribution in [0.1, 0.15) is 226 Å². The summed E-state index contributed by atoms with van der Waals surface area (Å²) in [5.41, 5.74) is 0. The van der Waals surface area contributed by atoms with Gasteiger partial charge in [0, 0.05) is 12.8 Å². The monoisotopic (exact) mass is 999 g/mol. The van der Waals surface area contributed by atoms with E-state index in [1.807, 2.05) is 12.2 Å². The Bertz CT molecular complexity index is 1510. The molecule has 406 valence electrons. The highest BCUT2D eigenvalue weighted by molar-refractivity contribution is 5.74. The summed E-state index contributed by atoms with van der Waals surface area (Å²) in [6.45, 7) is 5.76. The molecule has 3 N–H and O–H groups in total. The summed E-state index contributed by atoms with van der Waals surface area (Å²) in [7, 11) is 0. The molecular formula is C59H98O12. The zero-order valence-electron chi connectivity index (χ0n) is 44.4. The number of ether oxygens (including phenoxy) is 5. The van der Waals surface area contributed by atoms with Crippen molar-refractivity contribution in [1.29, 1.82) is 0 Å². The quantitative estimate of drug-likeness (QED) is 0.0228. The molecule has 0 amide bonds. The summed E-state index contributed by atoms with van der Waals surface area (Å²) in [5, 5.41) is 31.4. The van der Waals surface area contributed by atoms with Crippen molar-refractivity contribution in [2.75, 3.05) is 13.2 Å². The van der Waals surface area contributed by atoms with E-state index in [1.165, 1.54) is 83.5 Å². The molecule has 0 spiro atoms. The molecule has 1 fully saturated rings. The van der Waals surface area contributed by atoms with E-state index >= 15 is 0 Å². The Hall–Kier alpha value is -3.84. The standard InChI is InChI=1S/C59H98O12/c1-4-7-10-13-16-19-22-24-26-28-31-33-36-39-42-45-51(60)67-48-50(69-52(61)46-43-40-37-34-30-21-18-15-12-9-6-3)49-68-59-57(55(64)54(63)56(71-59)58(65)66)70-53(62)47-44-41-38-35-32-29-27-25-23-20-17-14-11-8-5-2/h7,10,16,19,24-27,31,33,39,42,50,54-57,59,63-64H,4-6,8-9,11-15,17-18,20-23,28-30,32,34-38,40-41,43-49H2,1-3H3,(H,65,66)/b10-7-,19-16-,26-24-,27-25-,33-31-,42-39-. The van der Waals surface area contributed by atoms with E-state index in [9.17, 15) is 34.5 Å². The molecule has 6 unspecified atom stereocenters. The number of aliphatic hydroxyl groups is 2. The first-order valence-corrected chi connectivity index (χ1v) is 27.9. The SMILES string of the molecule is CC/C=C\C/C=C\C/C=C\C/C=C\C/C=C\CC(=O)OCC(COC1OC(C(=O)O)C(O)C(O)C1OC(=O)CCCCCCC/C=C\CCCCCCCC)OC(=O)CCCCCCCCCCCCC. The van der Waals surface area contributed by atoms with Crippen LogP contribution < -0.4 is 0 Å². The molecule has 1 aliphatic heterocycles. The van der Waals surface area contributed by atoms with Crippen LogP contribution in [-0.4, -0.2) is 89.2 Å². The van der Waals surface area contributed by atoms with Crippen molar-refractivity contribution in [2.45, 2.75) is 263 Å². The first kappa shape index (κ1) is 65.2. The molecule has 1 heterocycles. The maximum Gasteiger partial charge on any atom is 0.335 e. The fourth-order valence-electron chi connectivity index (χ4n) is 8.02. The fraction of sp³-hybridized carbons (Fsp3) is 0.729. The highest BCUT2D eigenvalue weighted by Crippen LogP contribution is 2.26. The smallest absolute Gasteiger partial charge is 0.335 e. The molecular weight excluding hydrogens is 901 g/mol. The van der Waals surface area contributed by atoms with Gasteiger partial charge in [-0.1, -0.05) is 209 Å². The summed E-state index contributed by atoms with van der Waals surface area (Å²) in [6, 6.07) is 0. The van der Waals surface area contributed by atoms with E-state index < -0.39 is 67.3 Å². The van der Waals surface area contributed by atoms with Crippen LogP contribution in [-0.2, 0) is 42.9 Å². The number of allylic oxidation sites excluding steroid dienone is 11. The Morgan fingerprint density at radius 1 is 0.493 bits per heavy atom. The molecule has 0 bridgehead atoms. The zero-order valence-corrected chi connectivity index (χ0v) is 44.4. The minimum atomic E-state index is -1.92. The van der Waals surface area contributed by atoms with Crippen molar-refractivity contribution in [2.24, 2.45) is 0 Å². The van der Waals surface area contributed by atoms with Crippen molar-refractivity contribution < 1.29 is 58.2 Å². The van der Waals surface area contributed by atoms with E-state index in [0.29, 0.717) is 19.3 Å². The highest BCUT2D eigenvalue weighted by atomic mass is 16.7. The number of aliphatic hydroxyl groups excluding tert-OH is 2.